The van der Waals surface area contributed by atoms with Crippen LogP contribution in [0.2, 0.25) is 0 Å². The van der Waals surface area contributed by atoms with Gasteiger partial charge in [0.1, 0.15) is 0 Å². The number of rotatable bonds is 4. The molecule has 0 radical (unpaired) electrons. The van der Waals surface area contributed by atoms with Crippen LogP contribution in [-0.2, 0) is 13.5 Å². The lowest BCUT2D eigenvalue weighted by molar-refractivity contribution is 0.179. The second-order valence-electron chi connectivity index (χ2n) is 6.17. The molecular weight excluding hydrogens is 266 g/mol. The molecule has 1 aromatic rings. The summed E-state index contributed by atoms with van der Waals surface area (Å²) in [4.78, 5) is 14.5. The molecule has 2 N–H and O–H groups in total. The van der Waals surface area contributed by atoms with E-state index in [4.69, 9.17) is 0 Å². The summed E-state index contributed by atoms with van der Waals surface area (Å²) in [7, 11) is 1.90. The van der Waals surface area contributed by atoms with Crippen LogP contribution >= 0.6 is 0 Å². The molecule has 3 rings (SSSR count). The standard InChI is InChI=1S/C15H25N5O/c1-19-11-12(10-17-19)5-7-16-15(21)18-13-6-9-20-8-3-2-4-14(13)20/h10-11,13-14H,2-9H2,1H3,(H2,16,18,21)/t13-,14+/m1/s1. The first-order valence-electron chi connectivity index (χ1n) is 7.98. The predicted octanol–water partition coefficient (Wildman–Crippen LogP) is 0.889. The van der Waals surface area contributed by atoms with Crippen LogP contribution in [0.3, 0.4) is 0 Å². The number of piperidine rings is 1. The molecule has 2 aliphatic rings. The number of carbonyl (C=O) groups is 1. The van der Waals surface area contributed by atoms with Crippen molar-refractivity contribution in [2.24, 2.45) is 7.05 Å². The lowest BCUT2D eigenvalue weighted by Gasteiger charge is -2.32. The summed E-state index contributed by atoms with van der Waals surface area (Å²) >= 11 is 0. The first-order valence-corrected chi connectivity index (χ1v) is 7.98. The van der Waals surface area contributed by atoms with E-state index in [1.54, 1.807) is 4.68 Å². The first-order chi connectivity index (χ1) is 10.2. The van der Waals surface area contributed by atoms with Crippen LogP contribution in [0.25, 0.3) is 0 Å². The number of urea groups is 1. The molecule has 6 heteroatoms. The van der Waals surface area contributed by atoms with E-state index in [-0.39, 0.29) is 6.03 Å². The highest BCUT2D eigenvalue weighted by Crippen LogP contribution is 2.26. The SMILES string of the molecule is Cn1cc(CCNC(=O)N[C@@H]2CCN3CCCC[C@@H]23)cn1. The molecule has 2 aliphatic heterocycles. The van der Waals surface area contributed by atoms with Gasteiger partial charge < -0.3 is 10.6 Å². The smallest absolute Gasteiger partial charge is 0.315 e. The topological polar surface area (TPSA) is 62.2 Å². The van der Waals surface area contributed by atoms with Crippen molar-refractivity contribution < 1.29 is 4.79 Å². The monoisotopic (exact) mass is 291 g/mol. The average molecular weight is 291 g/mol. The molecule has 2 saturated heterocycles. The fourth-order valence-electron chi connectivity index (χ4n) is 3.56. The number of nitrogens with zero attached hydrogens (tertiary/aromatic N) is 3. The number of nitrogens with one attached hydrogen (secondary N) is 2. The number of carbonyl (C=O) groups excluding carboxylic acids is 1. The minimum Gasteiger partial charge on any atom is -0.338 e. The molecule has 3 heterocycles. The molecule has 1 aromatic heterocycles. The average Bonchev–Trinajstić information content (AvgIpc) is 3.06. The third kappa shape index (κ3) is 3.56. The summed E-state index contributed by atoms with van der Waals surface area (Å²) in [6.45, 7) is 2.98. The highest BCUT2D eigenvalue weighted by atomic mass is 16.2. The van der Waals surface area contributed by atoms with Crippen molar-refractivity contribution >= 4 is 6.03 Å². The van der Waals surface area contributed by atoms with Gasteiger partial charge in [0.2, 0.25) is 0 Å². The quantitative estimate of drug-likeness (QED) is 0.866. The molecule has 0 bridgehead atoms. The van der Waals surface area contributed by atoms with E-state index in [1.165, 1.54) is 25.8 Å². The second kappa shape index (κ2) is 6.47. The fourth-order valence-corrected chi connectivity index (χ4v) is 3.56. The molecule has 2 amide bonds. The number of aromatic nitrogens is 2. The Morgan fingerprint density at radius 3 is 3.10 bits per heavy atom. The van der Waals surface area contributed by atoms with E-state index in [9.17, 15) is 4.79 Å². The Hall–Kier alpha value is -1.56. The zero-order chi connectivity index (χ0) is 14.7. The summed E-state index contributed by atoms with van der Waals surface area (Å²) in [5.74, 6) is 0. The molecule has 2 fully saturated rings. The number of amides is 2. The van der Waals surface area contributed by atoms with Crippen LogP contribution in [0.15, 0.2) is 12.4 Å². The number of hydrogen-bond acceptors (Lipinski definition) is 3. The molecule has 0 saturated carbocycles. The van der Waals surface area contributed by atoms with Gasteiger partial charge in [-0.1, -0.05) is 6.42 Å². The fraction of sp³-hybridized carbons (Fsp3) is 0.733. The van der Waals surface area contributed by atoms with E-state index in [0.717, 1.165) is 24.9 Å². The Bertz CT molecular complexity index is 486. The van der Waals surface area contributed by atoms with E-state index in [1.807, 2.05) is 19.4 Å². The van der Waals surface area contributed by atoms with Gasteiger partial charge in [-0.2, -0.15) is 5.10 Å². The van der Waals surface area contributed by atoms with Crippen molar-refractivity contribution in [3.05, 3.63) is 18.0 Å². The van der Waals surface area contributed by atoms with Gasteiger partial charge >= 0.3 is 6.03 Å². The van der Waals surface area contributed by atoms with Gasteiger partial charge in [-0.15, -0.1) is 0 Å². The normalized spacial score (nSPS) is 25.6. The van der Waals surface area contributed by atoms with Crippen LogP contribution in [0, 0.1) is 0 Å². The molecule has 2 atom stereocenters. The Labute approximate surface area is 125 Å². The van der Waals surface area contributed by atoms with Crippen molar-refractivity contribution in [3.8, 4) is 0 Å². The van der Waals surface area contributed by atoms with Crippen molar-refractivity contribution in [1.29, 1.82) is 0 Å². The van der Waals surface area contributed by atoms with Crippen LogP contribution in [-0.4, -0.2) is 52.4 Å². The number of fused-ring (bicyclic) bond motifs is 1. The molecule has 0 unspecified atom stereocenters. The molecule has 0 spiro atoms. The van der Waals surface area contributed by atoms with Gasteiger partial charge in [0.15, 0.2) is 0 Å². The molecule has 21 heavy (non-hydrogen) atoms. The van der Waals surface area contributed by atoms with Crippen molar-refractivity contribution in [3.63, 3.8) is 0 Å². The van der Waals surface area contributed by atoms with Crippen LogP contribution < -0.4 is 10.6 Å². The summed E-state index contributed by atoms with van der Waals surface area (Å²) in [6, 6.07) is 0.850. The third-order valence-electron chi connectivity index (χ3n) is 4.63. The zero-order valence-electron chi connectivity index (χ0n) is 12.7. The molecule has 116 valence electrons. The number of aryl methyl sites for hydroxylation is 1. The van der Waals surface area contributed by atoms with Gasteiger partial charge in [-0.25, -0.2) is 4.79 Å². The van der Waals surface area contributed by atoms with E-state index < -0.39 is 0 Å². The lowest BCUT2D eigenvalue weighted by atomic mass is 9.99. The Morgan fingerprint density at radius 1 is 1.38 bits per heavy atom. The lowest BCUT2D eigenvalue weighted by Crippen LogP contribution is -2.49. The minimum absolute atomic E-state index is 0.0312. The molecule has 0 aromatic carbocycles. The Morgan fingerprint density at radius 2 is 2.29 bits per heavy atom. The van der Waals surface area contributed by atoms with Gasteiger partial charge in [0, 0.05) is 38.4 Å². The van der Waals surface area contributed by atoms with Crippen LogP contribution in [0.1, 0.15) is 31.2 Å². The summed E-state index contributed by atoms with van der Waals surface area (Å²) in [6.07, 6.45) is 9.55. The van der Waals surface area contributed by atoms with Crippen molar-refractivity contribution in [1.82, 2.24) is 25.3 Å². The van der Waals surface area contributed by atoms with Gasteiger partial charge in [0.25, 0.3) is 0 Å². The molecule has 0 aliphatic carbocycles. The van der Waals surface area contributed by atoms with Gasteiger partial charge in [0.05, 0.1) is 6.20 Å². The van der Waals surface area contributed by atoms with Gasteiger partial charge in [-0.05, 0) is 37.8 Å². The van der Waals surface area contributed by atoms with Crippen molar-refractivity contribution in [2.75, 3.05) is 19.6 Å². The third-order valence-corrected chi connectivity index (χ3v) is 4.63. The van der Waals surface area contributed by atoms with E-state index >= 15 is 0 Å². The predicted molar refractivity (Wildman–Crippen MR) is 81.1 cm³/mol. The van der Waals surface area contributed by atoms with Crippen molar-refractivity contribution in [2.45, 2.75) is 44.2 Å². The largest absolute Gasteiger partial charge is 0.338 e. The second-order valence-corrected chi connectivity index (χ2v) is 6.17. The highest BCUT2D eigenvalue weighted by molar-refractivity contribution is 5.74. The maximum Gasteiger partial charge on any atom is 0.315 e. The minimum atomic E-state index is -0.0312. The van der Waals surface area contributed by atoms with Gasteiger partial charge in [-0.3, -0.25) is 9.58 Å². The summed E-state index contributed by atoms with van der Waals surface area (Å²) < 4.78 is 1.78. The Balaban J connectivity index is 1.40. The Kier molecular flexibility index (Phi) is 4.43. The maximum absolute atomic E-state index is 12.0. The van der Waals surface area contributed by atoms with E-state index in [2.05, 4.69) is 20.6 Å². The molecular formula is C15H25N5O. The maximum atomic E-state index is 12.0. The van der Waals surface area contributed by atoms with E-state index in [0.29, 0.717) is 18.6 Å². The first kappa shape index (κ1) is 14.4. The summed E-state index contributed by atoms with van der Waals surface area (Å²) in [5.41, 5.74) is 1.15. The summed E-state index contributed by atoms with van der Waals surface area (Å²) in [5, 5.41) is 10.2. The highest BCUT2D eigenvalue weighted by Gasteiger charge is 2.36. The number of hydrogen-bond donors (Lipinski definition) is 2. The zero-order valence-corrected chi connectivity index (χ0v) is 12.7. The van der Waals surface area contributed by atoms with Crippen LogP contribution in [0.5, 0.6) is 0 Å². The molecule has 6 nitrogen and oxygen atoms in total. The van der Waals surface area contributed by atoms with Crippen LogP contribution in [0.4, 0.5) is 4.79 Å².